The Balaban J connectivity index is 2.56. The maximum atomic E-state index is 10.9. The van der Waals surface area contributed by atoms with Crippen molar-refractivity contribution in [3.8, 4) is 23.0 Å². The molecule has 2 rings (SSSR count). The van der Waals surface area contributed by atoms with Gasteiger partial charge in [-0.05, 0) is 32.9 Å². The summed E-state index contributed by atoms with van der Waals surface area (Å²) in [5.74, 6) is 1.34. The van der Waals surface area contributed by atoms with Gasteiger partial charge < -0.3 is 33.9 Å². The summed E-state index contributed by atoms with van der Waals surface area (Å²) in [4.78, 5) is 0. The molecule has 2 N–H and O–H groups in total. The smallest absolute Gasteiger partial charge is 0.155 e. The van der Waals surface area contributed by atoms with Crippen LogP contribution >= 0.6 is 0 Å². The minimum absolute atomic E-state index is 0.0997. The first-order chi connectivity index (χ1) is 12.9. The fourth-order valence-electron chi connectivity index (χ4n) is 3.04. The van der Waals surface area contributed by atoms with Crippen molar-refractivity contribution in [2.45, 2.75) is 39.3 Å². The molecule has 150 valence electrons. The number of hydrogen-bond acceptors (Lipinski definition) is 7. The van der Waals surface area contributed by atoms with Crippen LogP contribution in [0, 0.1) is 0 Å². The highest BCUT2D eigenvalue weighted by molar-refractivity contribution is 6.00. The quantitative estimate of drug-likeness (QED) is 0.645. The fourth-order valence-corrected chi connectivity index (χ4v) is 3.04. The van der Waals surface area contributed by atoms with E-state index in [1.807, 2.05) is 6.92 Å². The van der Waals surface area contributed by atoms with Crippen LogP contribution in [0.5, 0.6) is 23.0 Å². The number of aliphatic hydroxyl groups excluding tert-OH is 1. The largest absolute Gasteiger partial charge is 0.507 e. The number of rotatable bonds is 9. The van der Waals surface area contributed by atoms with Gasteiger partial charge in [0.15, 0.2) is 6.29 Å². The van der Waals surface area contributed by atoms with Crippen LogP contribution < -0.4 is 14.2 Å². The van der Waals surface area contributed by atoms with Crippen molar-refractivity contribution in [2.24, 2.45) is 0 Å². The van der Waals surface area contributed by atoms with E-state index in [4.69, 9.17) is 23.7 Å². The third kappa shape index (κ3) is 4.37. The highest BCUT2D eigenvalue weighted by atomic mass is 16.7. The van der Waals surface area contributed by atoms with Gasteiger partial charge in [0.1, 0.15) is 29.1 Å². The average molecular weight is 380 g/mol. The number of aromatic hydroxyl groups is 1. The van der Waals surface area contributed by atoms with Crippen LogP contribution in [0.1, 0.15) is 32.4 Å². The summed E-state index contributed by atoms with van der Waals surface area (Å²) in [7, 11) is 4.56. The van der Waals surface area contributed by atoms with E-state index in [-0.39, 0.29) is 11.3 Å². The number of methoxy groups -OCH3 is 3. The van der Waals surface area contributed by atoms with Gasteiger partial charge in [-0.1, -0.05) is 0 Å². The lowest BCUT2D eigenvalue weighted by Crippen LogP contribution is -2.25. The van der Waals surface area contributed by atoms with Crippen molar-refractivity contribution in [3.05, 3.63) is 23.8 Å². The van der Waals surface area contributed by atoms with Gasteiger partial charge in [-0.25, -0.2) is 0 Å². The Morgan fingerprint density at radius 2 is 1.63 bits per heavy atom. The second-order valence-electron chi connectivity index (χ2n) is 6.08. The van der Waals surface area contributed by atoms with E-state index in [1.54, 1.807) is 39.2 Å². The summed E-state index contributed by atoms with van der Waals surface area (Å²) in [6.07, 6.45) is -2.20. The number of benzene rings is 2. The molecule has 2 aromatic rings. The molecule has 0 saturated carbocycles. The van der Waals surface area contributed by atoms with Crippen molar-refractivity contribution < 1.29 is 33.9 Å². The molecular weight excluding hydrogens is 352 g/mol. The Hall–Kier alpha value is -2.22. The van der Waals surface area contributed by atoms with Gasteiger partial charge in [0.2, 0.25) is 0 Å². The number of aliphatic hydroxyl groups is 1. The summed E-state index contributed by atoms with van der Waals surface area (Å²) in [5, 5.41) is 22.7. The zero-order valence-electron chi connectivity index (χ0n) is 16.6. The second kappa shape index (κ2) is 9.12. The topological polar surface area (TPSA) is 86.6 Å². The number of phenolic OH excluding ortho intramolecular Hbond substituents is 1. The van der Waals surface area contributed by atoms with Crippen LogP contribution in [-0.2, 0) is 9.47 Å². The summed E-state index contributed by atoms with van der Waals surface area (Å²) in [6, 6.07) is 4.99. The lowest BCUT2D eigenvalue weighted by Gasteiger charge is -2.25. The van der Waals surface area contributed by atoms with Crippen LogP contribution in [0.3, 0.4) is 0 Å². The normalized spacial score (nSPS) is 14.6. The van der Waals surface area contributed by atoms with Crippen LogP contribution in [0.15, 0.2) is 18.2 Å². The Morgan fingerprint density at radius 3 is 2.19 bits per heavy atom. The summed E-state index contributed by atoms with van der Waals surface area (Å²) in [6.45, 7) is 5.82. The maximum Gasteiger partial charge on any atom is 0.155 e. The zero-order chi connectivity index (χ0) is 20.1. The summed E-state index contributed by atoms with van der Waals surface area (Å²) < 4.78 is 27.2. The third-order valence-electron chi connectivity index (χ3n) is 4.38. The van der Waals surface area contributed by atoms with E-state index in [1.165, 1.54) is 14.2 Å². The molecule has 7 nitrogen and oxygen atoms in total. The minimum Gasteiger partial charge on any atom is -0.507 e. The molecule has 27 heavy (non-hydrogen) atoms. The molecule has 0 spiro atoms. The molecule has 0 radical (unpaired) electrons. The monoisotopic (exact) mass is 380 g/mol. The molecule has 0 amide bonds. The molecule has 0 aromatic heterocycles. The van der Waals surface area contributed by atoms with Crippen molar-refractivity contribution in [3.63, 3.8) is 0 Å². The number of phenols is 1. The van der Waals surface area contributed by atoms with Crippen LogP contribution in [0.4, 0.5) is 0 Å². The molecule has 0 saturated heterocycles. The first kappa shape index (κ1) is 21.1. The zero-order valence-corrected chi connectivity index (χ0v) is 16.6. The Kier molecular flexibility index (Phi) is 7.12. The van der Waals surface area contributed by atoms with Crippen LogP contribution in [0.2, 0.25) is 0 Å². The van der Waals surface area contributed by atoms with E-state index in [9.17, 15) is 10.2 Å². The SMILES string of the molecule is CCO[C@@H](C)O[C@@H](C)[C@H](O)c1cc(OC)c2cc(OC)cc(OC)c2c1O. The molecule has 3 atom stereocenters. The van der Waals surface area contributed by atoms with E-state index >= 15 is 0 Å². The van der Waals surface area contributed by atoms with Gasteiger partial charge in [0.25, 0.3) is 0 Å². The lowest BCUT2D eigenvalue weighted by atomic mass is 9.97. The molecule has 7 heteroatoms. The Bertz CT molecular complexity index is 775. The first-order valence-electron chi connectivity index (χ1n) is 8.78. The molecule has 0 aliphatic carbocycles. The fraction of sp³-hybridized carbons (Fsp3) is 0.500. The third-order valence-corrected chi connectivity index (χ3v) is 4.38. The first-order valence-corrected chi connectivity index (χ1v) is 8.78. The Morgan fingerprint density at radius 1 is 0.963 bits per heavy atom. The molecule has 0 unspecified atom stereocenters. The van der Waals surface area contributed by atoms with E-state index < -0.39 is 18.5 Å². The predicted octanol–water partition coefficient (Wildman–Crippen LogP) is 3.39. The molecular formula is C20H28O7. The standard InChI is InChI=1S/C20H28O7/c1-7-26-12(3)27-11(2)19(21)15-10-16(24-5)14-8-13(23-4)9-17(25-6)18(14)20(15)22/h8-12,19,21-22H,7H2,1-6H3/t11-,12+,19-/m0/s1. The Labute approximate surface area is 159 Å². The number of hydrogen-bond donors (Lipinski definition) is 2. The van der Waals surface area contributed by atoms with Crippen molar-refractivity contribution in [2.75, 3.05) is 27.9 Å². The lowest BCUT2D eigenvalue weighted by molar-refractivity contribution is -0.176. The van der Waals surface area contributed by atoms with Crippen LogP contribution in [-0.4, -0.2) is 50.5 Å². The van der Waals surface area contributed by atoms with Gasteiger partial charge in [-0.2, -0.15) is 0 Å². The summed E-state index contributed by atoms with van der Waals surface area (Å²) in [5.41, 5.74) is 0.277. The van der Waals surface area contributed by atoms with Gasteiger partial charge in [0.05, 0.1) is 32.8 Å². The molecule has 0 aliphatic heterocycles. The van der Waals surface area contributed by atoms with Crippen molar-refractivity contribution in [1.82, 2.24) is 0 Å². The van der Waals surface area contributed by atoms with E-state index in [0.717, 1.165) is 0 Å². The minimum atomic E-state index is -1.10. The highest BCUT2D eigenvalue weighted by Crippen LogP contribution is 2.45. The van der Waals surface area contributed by atoms with Gasteiger partial charge >= 0.3 is 0 Å². The molecule has 0 fully saturated rings. The molecule has 0 bridgehead atoms. The van der Waals surface area contributed by atoms with Gasteiger partial charge in [-0.3, -0.25) is 0 Å². The molecule has 0 aliphatic rings. The second-order valence-corrected chi connectivity index (χ2v) is 6.08. The highest BCUT2D eigenvalue weighted by Gasteiger charge is 2.26. The summed E-state index contributed by atoms with van der Waals surface area (Å²) >= 11 is 0. The number of fused-ring (bicyclic) bond motifs is 1. The van der Waals surface area contributed by atoms with Gasteiger partial charge in [-0.15, -0.1) is 0 Å². The van der Waals surface area contributed by atoms with Crippen molar-refractivity contribution in [1.29, 1.82) is 0 Å². The van der Waals surface area contributed by atoms with E-state index in [2.05, 4.69) is 0 Å². The van der Waals surface area contributed by atoms with E-state index in [0.29, 0.717) is 34.6 Å². The molecule has 2 aromatic carbocycles. The predicted molar refractivity (Wildman–Crippen MR) is 102 cm³/mol. The van der Waals surface area contributed by atoms with Crippen molar-refractivity contribution >= 4 is 10.8 Å². The van der Waals surface area contributed by atoms with Crippen LogP contribution in [0.25, 0.3) is 10.8 Å². The average Bonchev–Trinajstić information content (AvgIpc) is 2.66. The molecule has 0 heterocycles. The maximum absolute atomic E-state index is 10.9. The number of ether oxygens (including phenoxy) is 5. The van der Waals surface area contributed by atoms with Gasteiger partial charge in [0, 0.05) is 23.6 Å².